The summed E-state index contributed by atoms with van der Waals surface area (Å²) in [7, 11) is -5.17. The van der Waals surface area contributed by atoms with Gasteiger partial charge in [0.1, 0.15) is 11.3 Å². The van der Waals surface area contributed by atoms with E-state index >= 15 is 0 Å². The minimum atomic E-state index is -5.17. The van der Waals surface area contributed by atoms with Crippen molar-refractivity contribution < 1.29 is 26.4 Å². The third-order valence-corrected chi connectivity index (χ3v) is 6.70. The molecule has 0 bridgehead atoms. The van der Waals surface area contributed by atoms with Gasteiger partial charge in [-0.3, -0.25) is 9.59 Å². The summed E-state index contributed by atoms with van der Waals surface area (Å²) in [5.74, 6) is -4.66. The van der Waals surface area contributed by atoms with E-state index < -0.39 is 33.4 Å². The van der Waals surface area contributed by atoms with Gasteiger partial charge in [0.15, 0.2) is 11.1 Å². The number of benzene rings is 2. The standard InChI is InChI=1S/C26H23F2N3O5S/c1-14-12-18(24-19(13-14)22(32)15(2)23(36-24)17-8-5-4-6-9-17)16(3)30-20-10-7-11-29-21(20)25(33)31-37(34,35)26(27)28/h4-13,16,26,30H,1-3H3,(H,31,33)/t16-/m1/s1. The van der Waals surface area contributed by atoms with Crippen LogP contribution in [-0.2, 0) is 10.0 Å². The number of amides is 1. The molecular weight excluding hydrogens is 504 g/mol. The van der Waals surface area contributed by atoms with E-state index in [1.807, 2.05) is 43.3 Å². The van der Waals surface area contributed by atoms with Crippen LogP contribution in [0.4, 0.5) is 14.5 Å². The monoisotopic (exact) mass is 527 g/mol. The van der Waals surface area contributed by atoms with Gasteiger partial charge in [0.2, 0.25) is 0 Å². The highest BCUT2D eigenvalue weighted by Crippen LogP contribution is 2.32. The Hall–Kier alpha value is -4.12. The van der Waals surface area contributed by atoms with E-state index in [9.17, 15) is 26.8 Å². The molecule has 2 aromatic heterocycles. The van der Waals surface area contributed by atoms with Crippen molar-refractivity contribution in [2.45, 2.75) is 32.6 Å². The van der Waals surface area contributed by atoms with Crippen LogP contribution in [0.5, 0.6) is 0 Å². The number of rotatable bonds is 7. The summed E-state index contributed by atoms with van der Waals surface area (Å²) in [6.45, 7) is 5.28. The number of nitrogens with one attached hydrogen (secondary N) is 2. The Bertz CT molecular complexity index is 1650. The lowest BCUT2D eigenvalue weighted by Crippen LogP contribution is -2.35. The van der Waals surface area contributed by atoms with E-state index in [4.69, 9.17) is 4.42 Å². The number of anilines is 1. The van der Waals surface area contributed by atoms with Crippen LogP contribution in [0.25, 0.3) is 22.3 Å². The first-order valence-corrected chi connectivity index (χ1v) is 12.7. The van der Waals surface area contributed by atoms with Crippen LogP contribution in [0.3, 0.4) is 0 Å². The summed E-state index contributed by atoms with van der Waals surface area (Å²) in [5.41, 5.74) is 2.45. The predicted molar refractivity (Wildman–Crippen MR) is 136 cm³/mol. The van der Waals surface area contributed by atoms with E-state index in [0.29, 0.717) is 27.9 Å². The summed E-state index contributed by atoms with van der Waals surface area (Å²) in [6.07, 6.45) is 1.23. The summed E-state index contributed by atoms with van der Waals surface area (Å²) >= 11 is 0. The minimum Gasteiger partial charge on any atom is -0.455 e. The SMILES string of the molecule is Cc1cc([C@@H](C)Nc2cccnc2C(=O)NS(=O)(=O)C(F)F)c2oc(-c3ccccc3)c(C)c(=O)c2c1. The number of hydrogen-bond acceptors (Lipinski definition) is 7. The molecule has 1 amide bonds. The molecule has 0 saturated heterocycles. The van der Waals surface area contributed by atoms with Crippen LogP contribution in [0, 0.1) is 13.8 Å². The van der Waals surface area contributed by atoms with Crippen LogP contribution in [0.1, 0.15) is 40.1 Å². The number of sulfonamides is 1. The van der Waals surface area contributed by atoms with Crippen molar-refractivity contribution in [3.63, 3.8) is 0 Å². The van der Waals surface area contributed by atoms with E-state index in [0.717, 1.165) is 11.1 Å². The molecule has 2 heterocycles. The van der Waals surface area contributed by atoms with Gasteiger partial charge in [0.05, 0.1) is 17.1 Å². The zero-order valence-electron chi connectivity index (χ0n) is 20.1. The molecule has 0 spiro atoms. The van der Waals surface area contributed by atoms with Gasteiger partial charge in [-0.25, -0.2) is 18.1 Å². The van der Waals surface area contributed by atoms with Gasteiger partial charge >= 0.3 is 5.76 Å². The van der Waals surface area contributed by atoms with Crippen molar-refractivity contribution in [2.24, 2.45) is 0 Å². The van der Waals surface area contributed by atoms with Crippen LogP contribution < -0.4 is 15.5 Å². The van der Waals surface area contributed by atoms with Gasteiger partial charge in [-0.15, -0.1) is 0 Å². The van der Waals surface area contributed by atoms with Crippen LogP contribution in [0.2, 0.25) is 0 Å². The number of carbonyl (C=O) groups is 1. The number of alkyl halides is 2. The van der Waals surface area contributed by atoms with Gasteiger partial charge in [-0.05, 0) is 44.5 Å². The van der Waals surface area contributed by atoms with Crippen molar-refractivity contribution in [1.82, 2.24) is 9.71 Å². The normalized spacial score (nSPS) is 12.5. The highest BCUT2D eigenvalue weighted by Gasteiger charge is 2.28. The molecule has 4 aromatic rings. The zero-order chi connectivity index (χ0) is 26.9. The first-order chi connectivity index (χ1) is 17.5. The van der Waals surface area contributed by atoms with Crippen molar-refractivity contribution >= 4 is 32.6 Å². The summed E-state index contributed by atoms with van der Waals surface area (Å²) < 4.78 is 56.1. The zero-order valence-corrected chi connectivity index (χ0v) is 20.9. The molecule has 0 aliphatic carbocycles. The summed E-state index contributed by atoms with van der Waals surface area (Å²) in [6, 6.07) is 15.1. The number of pyridine rings is 1. The van der Waals surface area contributed by atoms with Crippen LogP contribution in [0.15, 0.2) is 70.0 Å². The summed E-state index contributed by atoms with van der Waals surface area (Å²) in [4.78, 5) is 29.6. The molecule has 37 heavy (non-hydrogen) atoms. The second-order valence-electron chi connectivity index (χ2n) is 8.48. The molecule has 0 unspecified atom stereocenters. The van der Waals surface area contributed by atoms with Crippen molar-refractivity contribution in [3.8, 4) is 11.3 Å². The number of aromatic nitrogens is 1. The van der Waals surface area contributed by atoms with Gasteiger partial charge in [-0.2, -0.15) is 8.78 Å². The quantitative estimate of drug-likeness (QED) is 0.350. The number of halogens is 2. The second-order valence-corrected chi connectivity index (χ2v) is 10.1. The maximum absolute atomic E-state index is 13.3. The molecule has 0 aliphatic rings. The second kappa shape index (κ2) is 10.1. The van der Waals surface area contributed by atoms with Gasteiger partial charge in [-0.1, -0.05) is 36.4 Å². The van der Waals surface area contributed by atoms with Crippen molar-refractivity contribution in [3.05, 3.63) is 93.4 Å². The Morgan fingerprint density at radius 1 is 1.05 bits per heavy atom. The lowest BCUT2D eigenvalue weighted by Gasteiger charge is -2.20. The maximum atomic E-state index is 13.3. The topological polar surface area (TPSA) is 118 Å². The average molecular weight is 528 g/mol. The van der Waals surface area contributed by atoms with Crippen molar-refractivity contribution in [2.75, 3.05) is 5.32 Å². The van der Waals surface area contributed by atoms with Crippen LogP contribution in [-0.4, -0.2) is 25.1 Å². The largest absolute Gasteiger partial charge is 0.455 e. The molecule has 2 aromatic carbocycles. The minimum absolute atomic E-state index is 0.101. The molecule has 0 aliphatic heterocycles. The number of hydrogen-bond donors (Lipinski definition) is 2. The predicted octanol–water partition coefficient (Wildman–Crippen LogP) is 4.93. The van der Waals surface area contributed by atoms with E-state index in [1.54, 1.807) is 19.9 Å². The third-order valence-electron chi connectivity index (χ3n) is 5.76. The Morgan fingerprint density at radius 2 is 1.76 bits per heavy atom. The van der Waals surface area contributed by atoms with E-state index in [-0.39, 0.29) is 11.1 Å². The molecular formula is C26H23F2N3O5S. The fourth-order valence-corrected chi connectivity index (χ4v) is 4.43. The highest BCUT2D eigenvalue weighted by molar-refractivity contribution is 7.90. The lowest BCUT2D eigenvalue weighted by atomic mass is 9.98. The molecule has 192 valence electrons. The van der Waals surface area contributed by atoms with Crippen LogP contribution >= 0.6 is 0 Å². The smallest absolute Gasteiger partial charge is 0.355 e. The van der Waals surface area contributed by atoms with E-state index in [2.05, 4.69) is 10.3 Å². The molecule has 0 fully saturated rings. The Kier molecular flexibility index (Phi) is 7.08. The van der Waals surface area contributed by atoms with Gasteiger partial charge in [0.25, 0.3) is 15.9 Å². The van der Waals surface area contributed by atoms with Gasteiger partial charge in [0, 0.05) is 22.9 Å². The fraction of sp³-hybridized carbons (Fsp3) is 0.192. The molecule has 11 heteroatoms. The molecule has 4 rings (SSSR count). The van der Waals surface area contributed by atoms with Gasteiger partial charge < -0.3 is 9.73 Å². The Labute approximate surface area is 211 Å². The highest BCUT2D eigenvalue weighted by atomic mass is 32.2. The first-order valence-electron chi connectivity index (χ1n) is 11.2. The number of fused-ring (bicyclic) bond motifs is 1. The maximum Gasteiger partial charge on any atom is 0.355 e. The lowest BCUT2D eigenvalue weighted by molar-refractivity contribution is 0.0973. The number of nitrogens with zero attached hydrogens (tertiary/aromatic N) is 1. The molecule has 0 radical (unpaired) electrons. The Morgan fingerprint density at radius 3 is 2.43 bits per heavy atom. The first kappa shape index (κ1) is 26.0. The number of aryl methyl sites for hydroxylation is 1. The fourth-order valence-electron chi connectivity index (χ4n) is 3.99. The third kappa shape index (κ3) is 5.21. The molecule has 8 nitrogen and oxygen atoms in total. The van der Waals surface area contributed by atoms with E-state index in [1.165, 1.54) is 23.1 Å². The number of carbonyl (C=O) groups excluding carboxylic acids is 1. The summed E-state index contributed by atoms with van der Waals surface area (Å²) in [5, 5.41) is 3.45. The average Bonchev–Trinajstić information content (AvgIpc) is 2.86. The Balaban J connectivity index is 1.78. The molecule has 2 N–H and O–H groups in total. The van der Waals surface area contributed by atoms with Crippen molar-refractivity contribution in [1.29, 1.82) is 0 Å². The molecule has 1 atom stereocenters. The molecule has 0 saturated carbocycles.